The molecule has 0 amide bonds. The average Bonchev–Trinajstić information content (AvgIpc) is 2.36. The molecule has 1 rings (SSSR count). The van der Waals surface area contributed by atoms with Crippen molar-refractivity contribution in [3.8, 4) is 0 Å². The Hall–Kier alpha value is -0.160. The van der Waals surface area contributed by atoms with Gasteiger partial charge in [-0.3, -0.25) is 0 Å². The predicted octanol–water partition coefficient (Wildman–Crippen LogP) is -0.00650. The molecule has 1 atom stereocenters. The van der Waals surface area contributed by atoms with E-state index in [0.29, 0.717) is 13.2 Å². The number of quaternary nitrogens is 1. The number of rotatable bonds is 4. The topological polar surface area (TPSA) is 49.7 Å². The molecule has 1 aliphatic rings. The van der Waals surface area contributed by atoms with Gasteiger partial charge >= 0.3 is 0 Å². The van der Waals surface area contributed by atoms with Gasteiger partial charge in [-0.25, -0.2) is 5.21 Å². The second-order valence-electron chi connectivity index (χ2n) is 3.54. The molecule has 2 N–H and O–H groups in total. The Labute approximate surface area is 72.9 Å². The van der Waals surface area contributed by atoms with Gasteiger partial charge in [0.2, 0.25) is 0 Å². The van der Waals surface area contributed by atoms with Crippen molar-refractivity contribution in [2.45, 2.75) is 18.9 Å². The maximum absolute atomic E-state index is 9.81. The lowest BCUT2D eigenvalue weighted by atomic mass is 10.3. The van der Waals surface area contributed by atoms with E-state index in [2.05, 4.69) is 0 Å². The van der Waals surface area contributed by atoms with E-state index >= 15 is 0 Å². The monoisotopic (exact) mass is 176 g/mol. The third kappa shape index (κ3) is 2.71. The SMILES string of the molecule is COCC(O)C[N+]1(O)CCCC1. The first kappa shape index (κ1) is 9.92. The lowest BCUT2D eigenvalue weighted by Crippen LogP contribution is -2.48. The van der Waals surface area contributed by atoms with E-state index in [1.165, 1.54) is 0 Å². The molecule has 12 heavy (non-hydrogen) atoms. The molecule has 0 bridgehead atoms. The Morgan fingerprint density at radius 3 is 2.50 bits per heavy atom. The molecule has 4 heteroatoms. The number of nitrogens with zero attached hydrogens (tertiary/aromatic N) is 1. The summed E-state index contributed by atoms with van der Waals surface area (Å²) in [6.07, 6.45) is 1.56. The van der Waals surface area contributed by atoms with Gasteiger partial charge < -0.3 is 9.84 Å². The smallest absolute Gasteiger partial charge is 0.137 e. The lowest BCUT2D eigenvalue weighted by molar-refractivity contribution is -1.09. The third-order valence-electron chi connectivity index (χ3n) is 2.31. The molecule has 1 unspecified atom stereocenters. The minimum atomic E-state index is -0.543. The molecule has 4 nitrogen and oxygen atoms in total. The van der Waals surface area contributed by atoms with E-state index in [-0.39, 0.29) is 4.65 Å². The Morgan fingerprint density at radius 2 is 2.00 bits per heavy atom. The molecular formula is C8H18NO3+. The average molecular weight is 176 g/mol. The van der Waals surface area contributed by atoms with Crippen molar-refractivity contribution in [1.82, 2.24) is 0 Å². The number of aliphatic hydroxyl groups is 1. The zero-order valence-corrected chi connectivity index (χ0v) is 7.57. The van der Waals surface area contributed by atoms with Crippen LogP contribution in [0.2, 0.25) is 0 Å². The van der Waals surface area contributed by atoms with Crippen LogP contribution in [0, 0.1) is 0 Å². The molecule has 1 fully saturated rings. The number of hydroxylamine groups is 3. The van der Waals surface area contributed by atoms with Crippen molar-refractivity contribution in [3.05, 3.63) is 0 Å². The van der Waals surface area contributed by atoms with Crippen LogP contribution in [-0.4, -0.2) is 54.4 Å². The van der Waals surface area contributed by atoms with Crippen molar-refractivity contribution in [3.63, 3.8) is 0 Å². The van der Waals surface area contributed by atoms with Crippen LogP contribution in [0.15, 0.2) is 0 Å². The van der Waals surface area contributed by atoms with Crippen LogP contribution in [0.25, 0.3) is 0 Å². The van der Waals surface area contributed by atoms with E-state index in [4.69, 9.17) is 4.74 Å². The Bertz CT molecular complexity index is 134. The number of hydrogen-bond acceptors (Lipinski definition) is 3. The first-order chi connectivity index (χ1) is 5.66. The molecular weight excluding hydrogens is 158 g/mol. The minimum absolute atomic E-state index is 0.0184. The molecule has 0 aromatic carbocycles. The maximum atomic E-state index is 9.81. The van der Waals surface area contributed by atoms with Gasteiger partial charge in [0.25, 0.3) is 0 Å². The summed E-state index contributed by atoms with van der Waals surface area (Å²) in [5.74, 6) is 0. The quantitative estimate of drug-likeness (QED) is 0.592. The second-order valence-corrected chi connectivity index (χ2v) is 3.54. The fourth-order valence-corrected chi connectivity index (χ4v) is 1.74. The van der Waals surface area contributed by atoms with Gasteiger partial charge in [-0.1, -0.05) is 0 Å². The van der Waals surface area contributed by atoms with Crippen LogP contribution in [0.5, 0.6) is 0 Å². The Kier molecular flexibility index (Phi) is 3.46. The lowest BCUT2D eigenvalue weighted by Gasteiger charge is -2.26. The molecule has 0 spiro atoms. The van der Waals surface area contributed by atoms with Crippen LogP contribution in [0.4, 0.5) is 0 Å². The molecule has 0 aliphatic carbocycles. The summed E-state index contributed by atoms with van der Waals surface area (Å²) >= 11 is 0. The van der Waals surface area contributed by atoms with Gasteiger partial charge in [0.15, 0.2) is 0 Å². The van der Waals surface area contributed by atoms with Crippen molar-refractivity contribution in [2.24, 2.45) is 0 Å². The molecule has 0 aromatic rings. The highest BCUT2D eigenvalue weighted by molar-refractivity contribution is 4.55. The third-order valence-corrected chi connectivity index (χ3v) is 2.31. The zero-order valence-electron chi connectivity index (χ0n) is 7.57. The van der Waals surface area contributed by atoms with Crippen molar-refractivity contribution in [2.75, 3.05) is 33.4 Å². The van der Waals surface area contributed by atoms with Gasteiger partial charge in [-0.05, 0) is 0 Å². The van der Waals surface area contributed by atoms with Gasteiger partial charge in [-0.15, -0.1) is 0 Å². The van der Waals surface area contributed by atoms with E-state index < -0.39 is 6.10 Å². The fourth-order valence-electron chi connectivity index (χ4n) is 1.74. The molecule has 72 valence electrons. The maximum Gasteiger partial charge on any atom is 0.137 e. The van der Waals surface area contributed by atoms with Crippen LogP contribution in [-0.2, 0) is 4.74 Å². The van der Waals surface area contributed by atoms with E-state index in [1.54, 1.807) is 7.11 Å². The molecule has 1 aliphatic heterocycles. The fraction of sp³-hybridized carbons (Fsp3) is 1.00. The van der Waals surface area contributed by atoms with Crippen LogP contribution < -0.4 is 0 Å². The summed E-state index contributed by atoms with van der Waals surface area (Å²) in [6.45, 7) is 2.23. The Balaban J connectivity index is 2.28. The van der Waals surface area contributed by atoms with Crippen molar-refractivity contribution in [1.29, 1.82) is 0 Å². The van der Waals surface area contributed by atoms with E-state index in [1.807, 2.05) is 0 Å². The summed E-state index contributed by atoms with van der Waals surface area (Å²) in [6, 6.07) is 0. The van der Waals surface area contributed by atoms with Crippen LogP contribution in [0.1, 0.15) is 12.8 Å². The highest BCUT2D eigenvalue weighted by atomic mass is 16.5. The normalized spacial score (nSPS) is 24.2. The summed E-state index contributed by atoms with van der Waals surface area (Å²) < 4.78 is 4.81. The number of hydrogen-bond donors (Lipinski definition) is 2. The van der Waals surface area contributed by atoms with Crippen molar-refractivity contribution >= 4 is 0 Å². The summed E-state index contributed by atoms with van der Waals surface area (Å²) in [7, 11) is 1.55. The van der Waals surface area contributed by atoms with E-state index in [0.717, 1.165) is 25.9 Å². The number of ether oxygens (including phenoxy) is 1. The zero-order chi connectivity index (χ0) is 9.03. The first-order valence-electron chi connectivity index (χ1n) is 4.42. The largest absolute Gasteiger partial charge is 0.385 e. The van der Waals surface area contributed by atoms with Gasteiger partial charge in [0, 0.05) is 20.0 Å². The minimum Gasteiger partial charge on any atom is -0.385 e. The summed E-state index contributed by atoms with van der Waals surface area (Å²) in [5, 5.41) is 19.2. The first-order valence-corrected chi connectivity index (χ1v) is 4.42. The summed E-state index contributed by atoms with van der Waals surface area (Å²) in [5.41, 5.74) is 0. The highest BCUT2D eigenvalue weighted by Gasteiger charge is 2.32. The molecule has 1 saturated heterocycles. The molecule has 1 heterocycles. The molecule has 0 saturated carbocycles. The van der Waals surface area contributed by atoms with Gasteiger partial charge in [-0.2, -0.15) is 4.65 Å². The molecule has 0 radical (unpaired) electrons. The van der Waals surface area contributed by atoms with Gasteiger partial charge in [0.1, 0.15) is 25.7 Å². The predicted molar refractivity (Wildman–Crippen MR) is 43.8 cm³/mol. The van der Waals surface area contributed by atoms with Gasteiger partial charge in [0.05, 0.1) is 6.61 Å². The van der Waals surface area contributed by atoms with Crippen LogP contribution >= 0.6 is 0 Å². The second kappa shape index (κ2) is 4.18. The van der Waals surface area contributed by atoms with Crippen LogP contribution in [0.3, 0.4) is 0 Å². The highest BCUT2D eigenvalue weighted by Crippen LogP contribution is 2.16. The number of likely N-dealkylation sites (tertiary alicyclic amines) is 1. The van der Waals surface area contributed by atoms with E-state index in [9.17, 15) is 10.3 Å². The summed E-state index contributed by atoms with van der Waals surface area (Å²) in [4.78, 5) is 0. The number of aliphatic hydroxyl groups excluding tert-OH is 1. The number of methoxy groups -OCH3 is 1. The molecule has 0 aromatic heterocycles. The van der Waals surface area contributed by atoms with Crippen molar-refractivity contribution < 1.29 is 19.7 Å². The standard InChI is InChI=1S/C8H18NO3/c1-12-7-8(10)6-9(11)4-2-3-5-9/h8,10-11H,2-7H2,1H3/q+1. The Morgan fingerprint density at radius 1 is 1.42 bits per heavy atom.